The van der Waals surface area contributed by atoms with E-state index in [1.54, 1.807) is 0 Å². The third-order valence-corrected chi connectivity index (χ3v) is 7.74. The van der Waals surface area contributed by atoms with Crippen LogP contribution in [-0.2, 0) is 0 Å². The van der Waals surface area contributed by atoms with Gasteiger partial charge >= 0.3 is 0 Å². The number of carbonyl (C=O) groups is 1. The molecule has 0 unspecified atom stereocenters. The Labute approximate surface area is 210 Å². The molecule has 2 saturated heterocycles. The SMILES string of the molecule is CN1CCN(C(=O)c2ccc3cc(-c4cnc5[nH]ccc5c4N4CCC(C#N)CC4)ccc3c2)CC1. The molecule has 2 aromatic heterocycles. The molecule has 6 rings (SSSR count). The van der Waals surface area contributed by atoms with Gasteiger partial charge in [-0.3, -0.25) is 4.79 Å². The van der Waals surface area contributed by atoms with E-state index in [1.807, 2.05) is 29.4 Å². The van der Waals surface area contributed by atoms with E-state index >= 15 is 0 Å². The van der Waals surface area contributed by atoms with E-state index in [-0.39, 0.29) is 11.8 Å². The molecule has 2 aromatic carbocycles. The van der Waals surface area contributed by atoms with Gasteiger partial charge < -0.3 is 19.7 Å². The standard InChI is InChI=1S/C29H30N6O/c1-33-12-14-35(15-13-33)29(36)24-5-3-21-16-23(4-2-22(21)17-24)26-19-32-28-25(6-9-31-28)27(26)34-10-7-20(18-30)8-11-34/h2-6,9,16-17,19-20H,7-8,10-15H2,1H3,(H,31,32). The zero-order valence-corrected chi connectivity index (χ0v) is 20.6. The lowest BCUT2D eigenvalue weighted by Crippen LogP contribution is -2.47. The number of aromatic amines is 1. The molecule has 0 saturated carbocycles. The molecule has 7 heteroatoms. The van der Waals surface area contributed by atoms with Gasteiger partial charge in [-0.25, -0.2) is 4.98 Å². The van der Waals surface area contributed by atoms with Crippen molar-refractivity contribution in [1.82, 2.24) is 19.8 Å². The van der Waals surface area contributed by atoms with Gasteiger partial charge in [-0.15, -0.1) is 0 Å². The van der Waals surface area contributed by atoms with Gasteiger partial charge in [0.2, 0.25) is 0 Å². The molecule has 2 aliphatic heterocycles. The van der Waals surface area contributed by atoms with E-state index in [9.17, 15) is 10.1 Å². The predicted molar refractivity (Wildman–Crippen MR) is 143 cm³/mol. The minimum absolute atomic E-state index is 0.110. The first-order valence-corrected chi connectivity index (χ1v) is 12.7. The van der Waals surface area contributed by atoms with Gasteiger partial charge in [0.15, 0.2) is 0 Å². The Bertz CT molecular complexity index is 1470. The van der Waals surface area contributed by atoms with E-state index in [2.05, 4.69) is 58.2 Å². The highest BCUT2D eigenvalue weighted by molar-refractivity contribution is 6.02. The number of piperidine rings is 1. The number of fused-ring (bicyclic) bond motifs is 2. The van der Waals surface area contributed by atoms with Gasteiger partial charge in [-0.2, -0.15) is 5.26 Å². The molecular weight excluding hydrogens is 448 g/mol. The molecule has 0 spiro atoms. The summed E-state index contributed by atoms with van der Waals surface area (Å²) in [5, 5.41) is 12.6. The van der Waals surface area contributed by atoms with Crippen LogP contribution >= 0.6 is 0 Å². The normalized spacial score (nSPS) is 17.6. The molecule has 1 N–H and O–H groups in total. The van der Waals surface area contributed by atoms with Gasteiger partial charge in [-0.1, -0.05) is 18.2 Å². The summed E-state index contributed by atoms with van der Waals surface area (Å²) >= 11 is 0. The molecule has 4 heterocycles. The fourth-order valence-electron chi connectivity index (χ4n) is 5.52. The van der Waals surface area contributed by atoms with Crippen LogP contribution in [0.25, 0.3) is 32.9 Å². The summed E-state index contributed by atoms with van der Waals surface area (Å²) in [6.07, 6.45) is 5.65. The zero-order chi connectivity index (χ0) is 24.6. The number of hydrogen-bond donors (Lipinski definition) is 1. The molecule has 4 aromatic rings. The lowest BCUT2D eigenvalue weighted by molar-refractivity contribution is 0.0664. The number of piperazine rings is 1. The first kappa shape index (κ1) is 22.6. The van der Waals surface area contributed by atoms with E-state index in [4.69, 9.17) is 4.98 Å². The number of nitrogens with one attached hydrogen (secondary N) is 1. The fourth-order valence-corrected chi connectivity index (χ4v) is 5.52. The van der Waals surface area contributed by atoms with Gasteiger partial charge in [0, 0.05) is 74.1 Å². The van der Waals surface area contributed by atoms with Crippen molar-refractivity contribution in [2.75, 3.05) is 51.2 Å². The monoisotopic (exact) mass is 478 g/mol. The number of anilines is 1. The quantitative estimate of drug-likeness (QED) is 0.469. The zero-order valence-electron chi connectivity index (χ0n) is 20.6. The van der Waals surface area contributed by atoms with E-state index in [1.165, 1.54) is 5.69 Å². The number of hydrogen-bond acceptors (Lipinski definition) is 5. The molecular formula is C29H30N6O. The number of carbonyl (C=O) groups excluding carboxylic acids is 1. The fraction of sp³-hybridized carbons (Fsp3) is 0.345. The van der Waals surface area contributed by atoms with Crippen molar-refractivity contribution in [3.05, 3.63) is 60.4 Å². The molecule has 0 bridgehead atoms. The number of benzene rings is 2. The summed E-state index contributed by atoms with van der Waals surface area (Å²) in [5.74, 6) is 0.246. The number of H-pyrrole nitrogens is 1. The van der Waals surface area contributed by atoms with Crippen LogP contribution in [0.4, 0.5) is 5.69 Å². The summed E-state index contributed by atoms with van der Waals surface area (Å²) in [4.78, 5) is 27.6. The second-order valence-corrected chi connectivity index (χ2v) is 10.0. The van der Waals surface area contributed by atoms with Gasteiger partial charge in [0.05, 0.1) is 11.8 Å². The molecule has 2 fully saturated rings. The number of rotatable bonds is 3. The maximum atomic E-state index is 13.1. The van der Waals surface area contributed by atoms with Gasteiger partial charge in [0.25, 0.3) is 5.91 Å². The summed E-state index contributed by atoms with van der Waals surface area (Å²) in [6.45, 7) is 5.10. The van der Waals surface area contributed by atoms with Crippen LogP contribution in [0.5, 0.6) is 0 Å². The Kier molecular flexibility index (Phi) is 5.82. The molecule has 7 nitrogen and oxygen atoms in total. The number of likely N-dealkylation sites (N-methyl/N-ethyl adjacent to an activating group) is 1. The maximum Gasteiger partial charge on any atom is 0.253 e. The second kappa shape index (κ2) is 9.29. The first-order valence-electron chi connectivity index (χ1n) is 12.7. The van der Waals surface area contributed by atoms with Gasteiger partial charge in [-0.05, 0) is 60.5 Å². The molecule has 0 atom stereocenters. The van der Waals surface area contributed by atoms with Crippen molar-refractivity contribution in [1.29, 1.82) is 5.26 Å². The van der Waals surface area contributed by atoms with Crippen molar-refractivity contribution >= 4 is 33.4 Å². The predicted octanol–water partition coefficient (Wildman–Crippen LogP) is 4.51. The number of nitriles is 1. The summed E-state index contributed by atoms with van der Waals surface area (Å²) in [5.41, 5.74) is 5.00. The lowest BCUT2D eigenvalue weighted by Gasteiger charge is -2.33. The van der Waals surface area contributed by atoms with E-state index in [0.29, 0.717) is 0 Å². The number of amides is 1. The van der Waals surface area contributed by atoms with Crippen LogP contribution in [0.1, 0.15) is 23.2 Å². The lowest BCUT2D eigenvalue weighted by atomic mass is 9.95. The summed E-state index contributed by atoms with van der Waals surface area (Å²) in [6, 6.07) is 17.0. The van der Waals surface area contributed by atoms with Gasteiger partial charge in [0.1, 0.15) is 5.65 Å². The van der Waals surface area contributed by atoms with Crippen LogP contribution in [0.3, 0.4) is 0 Å². The van der Waals surface area contributed by atoms with E-state index < -0.39 is 0 Å². The minimum Gasteiger partial charge on any atom is -0.370 e. The molecule has 2 aliphatic rings. The third kappa shape index (κ3) is 4.08. The van der Waals surface area contributed by atoms with Crippen molar-refractivity contribution in [3.63, 3.8) is 0 Å². The number of pyridine rings is 1. The molecule has 1 amide bonds. The Morgan fingerprint density at radius 3 is 2.53 bits per heavy atom. The summed E-state index contributed by atoms with van der Waals surface area (Å²) in [7, 11) is 2.10. The van der Waals surface area contributed by atoms with Crippen molar-refractivity contribution in [2.24, 2.45) is 5.92 Å². The average molecular weight is 479 g/mol. The highest BCUT2D eigenvalue weighted by Crippen LogP contribution is 2.39. The Balaban J connectivity index is 1.34. The van der Waals surface area contributed by atoms with Crippen molar-refractivity contribution < 1.29 is 4.79 Å². The number of aromatic nitrogens is 2. The largest absolute Gasteiger partial charge is 0.370 e. The Morgan fingerprint density at radius 2 is 1.75 bits per heavy atom. The first-order chi connectivity index (χ1) is 17.6. The Hall–Kier alpha value is -3.89. The maximum absolute atomic E-state index is 13.1. The van der Waals surface area contributed by atoms with E-state index in [0.717, 1.165) is 90.6 Å². The highest BCUT2D eigenvalue weighted by atomic mass is 16.2. The average Bonchev–Trinajstić information content (AvgIpc) is 3.41. The van der Waals surface area contributed by atoms with Crippen LogP contribution in [-0.4, -0.2) is 72.0 Å². The molecule has 0 aliphatic carbocycles. The topological polar surface area (TPSA) is 79.3 Å². The highest BCUT2D eigenvalue weighted by Gasteiger charge is 2.24. The van der Waals surface area contributed by atoms with Crippen LogP contribution in [0.2, 0.25) is 0 Å². The van der Waals surface area contributed by atoms with Crippen molar-refractivity contribution in [2.45, 2.75) is 12.8 Å². The van der Waals surface area contributed by atoms with Crippen molar-refractivity contribution in [3.8, 4) is 17.2 Å². The molecule has 0 radical (unpaired) electrons. The molecule has 36 heavy (non-hydrogen) atoms. The number of nitrogens with zero attached hydrogens (tertiary/aromatic N) is 5. The van der Waals surface area contributed by atoms with Crippen LogP contribution in [0, 0.1) is 17.2 Å². The smallest absolute Gasteiger partial charge is 0.253 e. The minimum atomic E-state index is 0.110. The third-order valence-electron chi connectivity index (χ3n) is 7.74. The summed E-state index contributed by atoms with van der Waals surface area (Å²) < 4.78 is 0. The molecule has 182 valence electrons. The second-order valence-electron chi connectivity index (χ2n) is 10.0. The van der Waals surface area contributed by atoms with Crippen LogP contribution in [0.15, 0.2) is 54.9 Å². The van der Waals surface area contributed by atoms with Crippen LogP contribution < -0.4 is 4.90 Å². The Morgan fingerprint density at radius 1 is 1.00 bits per heavy atom.